The van der Waals surface area contributed by atoms with E-state index >= 15 is 0 Å². The molecule has 0 bridgehead atoms. The van der Waals surface area contributed by atoms with Crippen LogP contribution < -0.4 is 5.32 Å². The predicted molar refractivity (Wildman–Crippen MR) is 83.1 cm³/mol. The van der Waals surface area contributed by atoms with Gasteiger partial charge in [-0.3, -0.25) is 0 Å². The zero-order valence-corrected chi connectivity index (χ0v) is 12.6. The van der Waals surface area contributed by atoms with E-state index in [2.05, 4.69) is 48.0 Å². The number of fused-ring (bicyclic) bond motifs is 1. The molecule has 0 aliphatic heterocycles. The second-order valence-electron chi connectivity index (χ2n) is 5.28. The average Bonchev–Trinajstić information content (AvgIpc) is 2.85. The molecule has 100 valence electrons. The molecular weight excluding hydrogens is 274 g/mol. The van der Waals surface area contributed by atoms with Gasteiger partial charge in [-0.25, -0.2) is 0 Å². The lowest BCUT2D eigenvalue weighted by Gasteiger charge is -2.28. The van der Waals surface area contributed by atoms with Crippen molar-refractivity contribution >= 4 is 22.9 Å². The predicted octanol–water partition coefficient (Wildman–Crippen LogP) is 4.61. The van der Waals surface area contributed by atoms with Crippen molar-refractivity contribution in [1.29, 1.82) is 0 Å². The minimum atomic E-state index is 0.374. The number of rotatable bonds is 3. The maximum atomic E-state index is 6.00. The number of hydrogen-bond donors (Lipinski definition) is 1. The number of nitrogens with one attached hydrogen (secondary N) is 1. The lowest BCUT2D eigenvalue weighted by Crippen LogP contribution is -2.36. The normalized spacial score (nSPS) is 20.0. The molecule has 2 aromatic rings. The van der Waals surface area contributed by atoms with Gasteiger partial charge in [-0.2, -0.15) is 0 Å². The highest BCUT2D eigenvalue weighted by atomic mass is 35.5. The number of thiophene rings is 1. The quantitative estimate of drug-likeness (QED) is 0.871. The minimum Gasteiger partial charge on any atom is -0.307 e. The van der Waals surface area contributed by atoms with Crippen LogP contribution in [0.5, 0.6) is 0 Å². The van der Waals surface area contributed by atoms with Crippen LogP contribution >= 0.6 is 22.9 Å². The van der Waals surface area contributed by atoms with Crippen molar-refractivity contribution < 1.29 is 0 Å². The van der Waals surface area contributed by atoms with E-state index < -0.39 is 0 Å². The largest absolute Gasteiger partial charge is 0.307 e. The Hall–Kier alpha value is -0.830. The standard InChI is InChI=1S/C16H18ClNS/c1-11(14-9-16(17)19-10-14)18-15-7-6-12-4-2-3-5-13(12)8-15/h2-5,9-11,15,18H,6-8H2,1H3. The molecule has 1 N–H and O–H groups in total. The van der Waals surface area contributed by atoms with Crippen LogP contribution in [0.15, 0.2) is 35.7 Å². The van der Waals surface area contributed by atoms with Gasteiger partial charge in [0.1, 0.15) is 0 Å². The third-order valence-corrected chi connectivity index (χ3v) is 5.03. The zero-order valence-electron chi connectivity index (χ0n) is 11.0. The van der Waals surface area contributed by atoms with Crippen LogP contribution in [-0.2, 0) is 12.8 Å². The number of benzene rings is 1. The van der Waals surface area contributed by atoms with Crippen LogP contribution in [0, 0.1) is 0 Å². The monoisotopic (exact) mass is 291 g/mol. The first-order valence-electron chi connectivity index (χ1n) is 6.79. The lowest BCUT2D eigenvalue weighted by atomic mass is 9.88. The Labute approximate surface area is 123 Å². The second-order valence-corrected chi connectivity index (χ2v) is 6.82. The molecule has 1 aliphatic carbocycles. The molecule has 1 nitrogen and oxygen atoms in total. The first kappa shape index (κ1) is 13.2. The highest BCUT2D eigenvalue weighted by Crippen LogP contribution is 2.27. The first-order chi connectivity index (χ1) is 9.22. The Balaban J connectivity index is 1.66. The topological polar surface area (TPSA) is 12.0 Å². The Morgan fingerprint density at radius 2 is 2.11 bits per heavy atom. The molecule has 2 unspecified atom stereocenters. The van der Waals surface area contributed by atoms with Crippen molar-refractivity contribution in [2.24, 2.45) is 0 Å². The summed E-state index contributed by atoms with van der Waals surface area (Å²) in [4.78, 5) is 0. The molecule has 0 saturated carbocycles. The van der Waals surface area contributed by atoms with Crippen LogP contribution in [0.3, 0.4) is 0 Å². The SMILES string of the molecule is CC(NC1CCc2ccccc2C1)c1csc(Cl)c1. The Morgan fingerprint density at radius 1 is 1.32 bits per heavy atom. The van der Waals surface area contributed by atoms with E-state index in [-0.39, 0.29) is 0 Å². The highest BCUT2D eigenvalue weighted by molar-refractivity contribution is 7.14. The van der Waals surface area contributed by atoms with Crippen LogP contribution in [-0.4, -0.2) is 6.04 Å². The van der Waals surface area contributed by atoms with Crippen LogP contribution in [0.2, 0.25) is 4.34 Å². The molecule has 0 radical (unpaired) electrons. The van der Waals surface area contributed by atoms with Gasteiger partial charge in [-0.1, -0.05) is 35.9 Å². The summed E-state index contributed by atoms with van der Waals surface area (Å²) in [7, 11) is 0. The van der Waals surface area contributed by atoms with Crippen molar-refractivity contribution in [1.82, 2.24) is 5.32 Å². The van der Waals surface area contributed by atoms with E-state index in [9.17, 15) is 0 Å². The summed E-state index contributed by atoms with van der Waals surface area (Å²) in [6, 6.07) is 11.8. The second kappa shape index (κ2) is 5.66. The molecule has 3 rings (SSSR count). The summed E-state index contributed by atoms with van der Waals surface area (Å²) in [5.74, 6) is 0. The smallest absolute Gasteiger partial charge is 0.0931 e. The van der Waals surface area contributed by atoms with Crippen molar-refractivity contribution in [3.05, 3.63) is 56.7 Å². The summed E-state index contributed by atoms with van der Waals surface area (Å²) in [6.45, 7) is 2.22. The van der Waals surface area contributed by atoms with Crippen LogP contribution in [0.4, 0.5) is 0 Å². The Bertz CT molecular complexity index is 563. The van der Waals surface area contributed by atoms with Gasteiger partial charge in [0, 0.05) is 12.1 Å². The molecule has 2 atom stereocenters. The van der Waals surface area contributed by atoms with E-state index in [1.807, 2.05) is 0 Å². The van der Waals surface area contributed by atoms with Gasteiger partial charge >= 0.3 is 0 Å². The van der Waals surface area contributed by atoms with Gasteiger partial charge in [-0.15, -0.1) is 11.3 Å². The number of halogens is 1. The molecule has 1 aromatic heterocycles. The summed E-state index contributed by atoms with van der Waals surface area (Å²) in [5, 5.41) is 5.89. The van der Waals surface area contributed by atoms with Gasteiger partial charge in [0.05, 0.1) is 4.34 Å². The molecule has 0 saturated heterocycles. The lowest BCUT2D eigenvalue weighted by molar-refractivity contribution is 0.414. The minimum absolute atomic E-state index is 0.374. The van der Waals surface area contributed by atoms with Crippen molar-refractivity contribution in [2.45, 2.75) is 38.3 Å². The van der Waals surface area contributed by atoms with E-state index in [1.54, 1.807) is 11.3 Å². The van der Waals surface area contributed by atoms with E-state index in [0.29, 0.717) is 12.1 Å². The molecular formula is C16H18ClNS. The summed E-state index contributed by atoms with van der Waals surface area (Å²) in [5.41, 5.74) is 4.32. The third-order valence-electron chi connectivity index (χ3n) is 3.92. The van der Waals surface area contributed by atoms with Gasteiger partial charge in [0.2, 0.25) is 0 Å². The highest BCUT2D eigenvalue weighted by Gasteiger charge is 2.20. The molecule has 19 heavy (non-hydrogen) atoms. The third kappa shape index (κ3) is 3.02. The van der Waals surface area contributed by atoms with E-state index in [1.165, 1.54) is 29.5 Å². The molecule has 0 fully saturated rings. The molecule has 0 spiro atoms. The molecule has 1 aromatic carbocycles. The van der Waals surface area contributed by atoms with E-state index in [0.717, 1.165) is 10.8 Å². The molecule has 1 aliphatic rings. The fraction of sp³-hybridized carbons (Fsp3) is 0.375. The molecule has 0 amide bonds. The maximum Gasteiger partial charge on any atom is 0.0931 e. The Morgan fingerprint density at radius 3 is 2.84 bits per heavy atom. The summed E-state index contributed by atoms with van der Waals surface area (Å²) < 4.78 is 0.873. The van der Waals surface area contributed by atoms with Crippen LogP contribution in [0.1, 0.15) is 36.1 Å². The van der Waals surface area contributed by atoms with E-state index in [4.69, 9.17) is 11.6 Å². The maximum absolute atomic E-state index is 6.00. The van der Waals surface area contributed by atoms with Crippen molar-refractivity contribution in [2.75, 3.05) is 0 Å². The number of hydrogen-bond acceptors (Lipinski definition) is 2. The van der Waals surface area contributed by atoms with Gasteiger partial charge in [0.25, 0.3) is 0 Å². The summed E-state index contributed by atoms with van der Waals surface area (Å²) >= 11 is 7.61. The first-order valence-corrected chi connectivity index (χ1v) is 8.05. The average molecular weight is 292 g/mol. The fourth-order valence-electron chi connectivity index (χ4n) is 2.84. The molecule has 3 heteroatoms. The summed E-state index contributed by atoms with van der Waals surface area (Å²) in [6.07, 6.45) is 3.54. The Kier molecular flexibility index (Phi) is 3.92. The van der Waals surface area contributed by atoms with Gasteiger partial charge < -0.3 is 5.32 Å². The van der Waals surface area contributed by atoms with Crippen molar-refractivity contribution in [3.63, 3.8) is 0 Å². The van der Waals surface area contributed by atoms with Crippen molar-refractivity contribution in [3.8, 4) is 0 Å². The van der Waals surface area contributed by atoms with Crippen LogP contribution in [0.25, 0.3) is 0 Å². The van der Waals surface area contributed by atoms with Gasteiger partial charge in [-0.05, 0) is 54.3 Å². The number of aryl methyl sites for hydroxylation is 1. The van der Waals surface area contributed by atoms with Gasteiger partial charge in [0.15, 0.2) is 0 Å². The molecule has 1 heterocycles. The zero-order chi connectivity index (χ0) is 13.2. The fourth-order valence-corrected chi connectivity index (χ4v) is 3.82.